The number of aromatic amines is 1. The molecule has 0 saturated carbocycles. The lowest BCUT2D eigenvalue weighted by molar-refractivity contribution is 0.0302. The molecule has 2 aliphatic heterocycles. The summed E-state index contributed by atoms with van der Waals surface area (Å²) in [6.07, 6.45) is 3.71. The van der Waals surface area contributed by atoms with Crippen LogP contribution in [0.5, 0.6) is 17.4 Å². The number of carbonyl (C=O) groups is 1. The van der Waals surface area contributed by atoms with Crippen molar-refractivity contribution in [3.63, 3.8) is 0 Å². The molecule has 0 spiro atoms. The number of aliphatic hydroxyl groups is 1. The number of nitrogens with zero attached hydrogens (tertiary/aromatic N) is 2. The van der Waals surface area contributed by atoms with Crippen LogP contribution in [0.2, 0.25) is 0 Å². The molecular weight excluding hydrogens is 536 g/mol. The minimum atomic E-state index is -0.458. The van der Waals surface area contributed by atoms with Crippen LogP contribution in [0.4, 0.5) is 4.79 Å². The lowest BCUT2D eigenvalue weighted by atomic mass is 9.97. The Bertz CT molecular complexity index is 1510. The number of ether oxygens (including phenoxy) is 3. The van der Waals surface area contributed by atoms with Crippen LogP contribution in [0.1, 0.15) is 31.7 Å². The molecule has 6 rings (SSSR count). The first kappa shape index (κ1) is 28.4. The van der Waals surface area contributed by atoms with Gasteiger partial charge in [0.05, 0.1) is 30.4 Å². The lowest BCUT2D eigenvalue weighted by Crippen LogP contribution is -2.48. The highest BCUT2D eigenvalue weighted by Crippen LogP contribution is 2.33. The van der Waals surface area contributed by atoms with Crippen LogP contribution in [0.3, 0.4) is 0 Å². The summed E-state index contributed by atoms with van der Waals surface area (Å²) in [6.45, 7) is 8.28. The lowest BCUT2D eigenvalue weighted by Gasteiger charge is -2.37. The van der Waals surface area contributed by atoms with Crippen LogP contribution in [0, 0.1) is 5.92 Å². The number of nitrogens with one attached hydrogen (secondary N) is 2. The number of hydrogen-bond acceptors (Lipinski definition) is 8. The number of rotatable bonds is 9. The predicted molar refractivity (Wildman–Crippen MR) is 160 cm³/mol. The summed E-state index contributed by atoms with van der Waals surface area (Å²) in [5.74, 6) is 2.11. The molecule has 2 aliphatic rings. The second-order valence-corrected chi connectivity index (χ2v) is 11.5. The van der Waals surface area contributed by atoms with E-state index in [0.717, 1.165) is 91.7 Å². The van der Waals surface area contributed by atoms with Gasteiger partial charge in [-0.2, -0.15) is 0 Å². The molecule has 4 heterocycles. The molecule has 2 fully saturated rings. The van der Waals surface area contributed by atoms with Crippen molar-refractivity contribution in [2.24, 2.45) is 5.92 Å². The van der Waals surface area contributed by atoms with Gasteiger partial charge in [0.1, 0.15) is 23.7 Å². The van der Waals surface area contributed by atoms with Gasteiger partial charge in [-0.3, -0.25) is 0 Å². The molecule has 2 atom stereocenters. The van der Waals surface area contributed by atoms with E-state index in [1.165, 1.54) is 0 Å². The Labute approximate surface area is 245 Å². The first-order valence-corrected chi connectivity index (χ1v) is 14.9. The third-order valence-electron chi connectivity index (χ3n) is 8.63. The molecule has 1 amide bonds. The molecule has 0 unspecified atom stereocenters. The maximum Gasteiger partial charge on any atom is 0.414 e. The number of fused-ring (bicyclic) bond motifs is 2. The Morgan fingerprint density at radius 1 is 1.07 bits per heavy atom. The van der Waals surface area contributed by atoms with E-state index in [4.69, 9.17) is 18.6 Å². The maximum absolute atomic E-state index is 12.7. The number of methoxy groups -OCH3 is 1. The first-order valence-electron chi connectivity index (χ1n) is 14.9. The summed E-state index contributed by atoms with van der Waals surface area (Å²) in [6, 6.07) is 13.3. The fourth-order valence-electron chi connectivity index (χ4n) is 6.14. The van der Waals surface area contributed by atoms with Crippen molar-refractivity contribution in [2.75, 3.05) is 46.4 Å². The minimum absolute atomic E-state index is 0.0870. The third kappa shape index (κ3) is 6.35. The molecule has 3 N–H and O–H groups in total. The van der Waals surface area contributed by atoms with E-state index in [1.54, 1.807) is 19.4 Å². The van der Waals surface area contributed by atoms with Crippen LogP contribution < -0.4 is 19.5 Å². The summed E-state index contributed by atoms with van der Waals surface area (Å²) in [4.78, 5) is 20.8. The van der Waals surface area contributed by atoms with Crippen LogP contribution in [-0.2, 0) is 6.61 Å². The fourth-order valence-corrected chi connectivity index (χ4v) is 6.14. The standard InChI is InChI=1S/C32H40N4O6/c1-21-18-36(14-11-26(21)37)16-15-35-12-9-23(10-13-35)33-32(38)42-30-17-24-25(34-30)5-3-6-27(24)40-19-22-20-41-29-8-4-7-28(39-2)31(22)29/h3-8,17,20-21,23,26,34,37H,9-16,18-19H2,1-2H3,(H,33,38)/t21-,26-/m0/s1. The van der Waals surface area contributed by atoms with Gasteiger partial charge in [-0.1, -0.05) is 19.1 Å². The highest BCUT2D eigenvalue weighted by atomic mass is 16.6. The monoisotopic (exact) mass is 576 g/mol. The zero-order chi connectivity index (χ0) is 29.1. The van der Waals surface area contributed by atoms with Gasteiger partial charge in [0, 0.05) is 62.3 Å². The number of likely N-dealkylation sites (tertiary alicyclic amines) is 2. The maximum atomic E-state index is 12.7. The van der Waals surface area contributed by atoms with Gasteiger partial charge in [-0.15, -0.1) is 0 Å². The number of piperidine rings is 2. The van der Waals surface area contributed by atoms with E-state index in [0.29, 0.717) is 24.2 Å². The van der Waals surface area contributed by atoms with Gasteiger partial charge in [-0.25, -0.2) is 4.79 Å². The third-order valence-corrected chi connectivity index (χ3v) is 8.63. The summed E-state index contributed by atoms with van der Waals surface area (Å²) in [7, 11) is 1.64. The average Bonchev–Trinajstić information content (AvgIpc) is 3.61. The Balaban J connectivity index is 0.994. The van der Waals surface area contributed by atoms with Crippen molar-refractivity contribution < 1.29 is 28.5 Å². The molecule has 10 heteroatoms. The number of H-pyrrole nitrogens is 1. The van der Waals surface area contributed by atoms with Crippen molar-refractivity contribution in [3.8, 4) is 17.4 Å². The summed E-state index contributed by atoms with van der Waals surface area (Å²) in [5, 5.41) is 14.7. The number of carbonyl (C=O) groups excluding carboxylic acids is 1. The second-order valence-electron chi connectivity index (χ2n) is 11.5. The van der Waals surface area contributed by atoms with Crippen molar-refractivity contribution in [3.05, 3.63) is 54.3 Å². The molecule has 2 aromatic heterocycles. The number of aliphatic hydroxyl groups excluding tert-OH is 1. The highest BCUT2D eigenvalue weighted by Gasteiger charge is 2.26. The Kier molecular flexibility index (Phi) is 8.55. The van der Waals surface area contributed by atoms with Crippen molar-refractivity contribution >= 4 is 28.0 Å². The van der Waals surface area contributed by atoms with Crippen molar-refractivity contribution in [2.45, 2.75) is 44.9 Å². The topological polar surface area (TPSA) is 112 Å². The fraction of sp³-hybridized carbons (Fsp3) is 0.469. The number of benzene rings is 2. The first-order chi connectivity index (χ1) is 20.5. The van der Waals surface area contributed by atoms with Crippen LogP contribution in [0.25, 0.3) is 21.9 Å². The normalized spacial score (nSPS) is 20.6. The van der Waals surface area contributed by atoms with Gasteiger partial charge in [-0.05, 0) is 49.4 Å². The van der Waals surface area contributed by atoms with Gasteiger partial charge < -0.3 is 43.8 Å². The van der Waals surface area contributed by atoms with E-state index >= 15 is 0 Å². The number of hydrogen-bond donors (Lipinski definition) is 3. The SMILES string of the molecule is COc1cccc2occ(COc3cccc4[nH]c(OC(=O)NC5CCN(CCN6CC[C@H](O)[C@@H](C)C6)CC5)cc34)c12. The van der Waals surface area contributed by atoms with Gasteiger partial charge in [0.15, 0.2) is 0 Å². The minimum Gasteiger partial charge on any atom is -0.496 e. The Hall–Kier alpha value is -3.73. The molecule has 0 aliphatic carbocycles. The average molecular weight is 577 g/mol. The quantitative estimate of drug-likeness (QED) is 0.262. The van der Waals surface area contributed by atoms with Gasteiger partial charge in [0.2, 0.25) is 5.88 Å². The highest BCUT2D eigenvalue weighted by molar-refractivity contribution is 5.89. The van der Waals surface area contributed by atoms with Gasteiger partial charge in [0.25, 0.3) is 0 Å². The number of aromatic nitrogens is 1. The molecular formula is C32H40N4O6. The smallest absolute Gasteiger partial charge is 0.414 e. The number of amides is 1. The molecule has 0 radical (unpaired) electrons. The Morgan fingerprint density at radius 3 is 2.64 bits per heavy atom. The van der Waals surface area contributed by atoms with Crippen molar-refractivity contribution in [1.29, 1.82) is 0 Å². The molecule has 10 nitrogen and oxygen atoms in total. The molecule has 4 aromatic rings. The van der Waals surface area contributed by atoms with Gasteiger partial charge >= 0.3 is 6.09 Å². The summed E-state index contributed by atoms with van der Waals surface area (Å²) >= 11 is 0. The summed E-state index contributed by atoms with van der Waals surface area (Å²) in [5.41, 5.74) is 2.45. The van der Waals surface area contributed by atoms with E-state index < -0.39 is 6.09 Å². The van der Waals surface area contributed by atoms with Crippen LogP contribution in [0.15, 0.2) is 53.1 Å². The zero-order valence-corrected chi connectivity index (χ0v) is 24.3. The number of furan rings is 1. The molecule has 2 aromatic carbocycles. The van der Waals surface area contributed by atoms with E-state index in [1.807, 2.05) is 36.4 Å². The van der Waals surface area contributed by atoms with Crippen molar-refractivity contribution in [1.82, 2.24) is 20.1 Å². The van der Waals surface area contributed by atoms with E-state index in [-0.39, 0.29) is 12.1 Å². The predicted octanol–water partition coefficient (Wildman–Crippen LogP) is 4.76. The molecule has 0 bridgehead atoms. The van der Waals surface area contributed by atoms with E-state index in [2.05, 4.69) is 27.0 Å². The molecule has 224 valence electrons. The molecule has 2 saturated heterocycles. The van der Waals surface area contributed by atoms with Crippen LogP contribution in [-0.4, -0.2) is 84.5 Å². The van der Waals surface area contributed by atoms with E-state index in [9.17, 15) is 9.90 Å². The Morgan fingerprint density at radius 2 is 1.83 bits per heavy atom. The van der Waals surface area contributed by atoms with Crippen LogP contribution >= 0.6 is 0 Å². The zero-order valence-electron chi connectivity index (χ0n) is 24.3. The second kappa shape index (κ2) is 12.6. The summed E-state index contributed by atoms with van der Waals surface area (Å²) < 4.78 is 23.0. The molecule has 42 heavy (non-hydrogen) atoms. The largest absolute Gasteiger partial charge is 0.496 e.